The van der Waals surface area contributed by atoms with Gasteiger partial charge in [0.05, 0.1) is 22.3 Å². The van der Waals surface area contributed by atoms with Crippen LogP contribution in [-0.4, -0.2) is 53.6 Å². The standard InChI is InChI=1S/C25H28N4O4S/c1-28(18-23-26-22-9-5-4-8-21(22)25(31)27-23)24(30)15-12-19-10-13-20(14-11-19)34(32,33)29-16-6-2-3-7-17-29/h4-5,8-15H,2-3,6-7,16-18H2,1H3,(H,26,27,31)/b15-12+. The van der Waals surface area contributed by atoms with E-state index in [1.54, 1.807) is 66.0 Å². The Labute approximate surface area is 199 Å². The molecule has 1 fully saturated rings. The summed E-state index contributed by atoms with van der Waals surface area (Å²) in [5.41, 5.74) is 1.05. The van der Waals surface area contributed by atoms with Gasteiger partial charge in [-0.3, -0.25) is 9.59 Å². The van der Waals surface area contributed by atoms with E-state index in [0.717, 1.165) is 25.7 Å². The third-order valence-electron chi connectivity index (χ3n) is 5.93. The maximum atomic E-state index is 12.9. The summed E-state index contributed by atoms with van der Waals surface area (Å²) in [7, 11) is -1.88. The van der Waals surface area contributed by atoms with Crippen LogP contribution in [0.4, 0.5) is 0 Å². The van der Waals surface area contributed by atoms with Crippen LogP contribution < -0.4 is 5.56 Å². The van der Waals surface area contributed by atoms with Crippen LogP contribution in [0.2, 0.25) is 0 Å². The zero-order chi connectivity index (χ0) is 24.1. The molecule has 178 valence electrons. The largest absolute Gasteiger partial charge is 0.335 e. The maximum Gasteiger partial charge on any atom is 0.258 e. The van der Waals surface area contributed by atoms with Gasteiger partial charge >= 0.3 is 0 Å². The number of hydrogen-bond acceptors (Lipinski definition) is 5. The second-order valence-corrected chi connectivity index (χ2v) is 10.4. The number of likely N-dealkylation sites (N-methyl/N-ethyl adjacent to an activating group) is 1. The first-order valence-electron chi connectivity index (χ1n) is 11.4. The lowest BCUT2D eigenvalue weighted by molar-refractivity contribution is -0.125. The lowest BCUT2D eigenvalue weighted by Crippen LogP contribution is -2.31. The second kappa shape index (κ2) is 10.3. The highest BCUT2D eigenvalue weighted by atomic mass is 32.2. The number of nitrogens with zero attached hydrogens (tertiary/aromatic N) is 3. The molecule has 1 aromatic heterocycles. The molecular formula is C25H28N4O4S. The van der Waals surface area contributed by atoms with Crippen LogP contribution in [0.25, 0.3) is 17.0 Å². The van der Waals surface area contributed by atoms with E-state index in [4.69, 9.17) is 0 Å². The predicted molar refractivity (Wildman–Crippen MR) is 132 cm³/mol. The van der Waals surface area contributed by atoms with Gasteiger partial charge in [-0.2, -0.15) is 4.31 Å². The molecule has 0 saturated carbocycles. The molecule has 2 aromatic carbocycles. The van der Waals surface area contributed by atoms with E-state index in [9.17, 15) is 18.0 Å². The lowest BCUT2D eigenvalue weighted by atomic mass is 10.2. The number of carbonyl (C=O) groups is 1. The van der Waals surface area contributed by atoms with Crippen molar-refractivity contribution in [1.82, 2.24) is 19.2 Å². The fourth-order valence-corrected chi connectivity index (χ4v) is 5.51. The van der Waals surface area contributed by atoms with E-state index in [2.05, 4.69) is 9.97 Å². The smallest absolute Gasteiger partial charge is 0.258 e. The van der Waals surface area contributed by atoms with Crippen molar-refractivity contribution < 1.29 is 13.2 Å². The average Bonchev–Trinajstić information content (AvgIpc) is 3.13. The lowest BCUT2D eigenvalue weighted by Gasteiger charge is -2.19. The summed E-state index contributed by atoms with van der Waals surface area (Å²) < 4.78 is 27.4. The third kappa shape index (κ3) is 5.43. The van der Waals surface area contributed by atoms with Gasteiger partial charge in [-0.1, -0.05) is 37.1 Å². The van der Waals surface area contributed by atoms with Crippen molar-refractivity contribution in [3.63, 3.8) is 0 Å². The Morgan fingerprint density at radius 1 is 1.06 bits per heavy atom. The van der Waals surface area contributed by atoms with Crippen molar-refractivity contribution in [1.29, 1.82) is 0 Å². The van der Waals surface area contributed by atoms with Crippen LogP contribution in [0.1, 0.15) is 37.1 Å². The quantitative estimate of drug-likeness (QED) is 0.546. The summed E-state index contributed by atoms with van der Waals surface area (Å²) in [5.74, 6) is 0.132. The molecule has 4 rings (SSSR count). The molecule has 34 heavy (non-hydrogen) atoms. The van der Waals surface area contributed by atoms with Gasteiger partial charge in [0.1, 0.15) is 5.82 Å². The van der Waals surface area contributed by atoms with Crippen molar-refractivity contribution in [2.75, 3.05) is 20.1 Å². The monoisotopic (exact) mass is 480 g/mol. The average molecular weight is 481 g/mol. The van der Waals surface area contributed by atoms with Gasteiger partial charge < -0.3 is 9.88 Å². The first kappa shape index (κ1) is 23.8. The summed E-state index contributed by atoms with van der Waals surface area (Å²) in [5, 5.41) is 0.501. The van der Waals surface area contributed by atoms with Crippen molar-refractivity contribution in [3.8, 4) is 0 Å². The summed E-state index contributed by atoms with van der Waals surface area (Å²) >= 11 is 0. The van der Waals surface area contributed by atoms with Crippen LogP contribution in [0, 0.1) is 0 Å². The zero-order valence-corrected chi connectivity index (χ0v) is 19.9. The number of nitrogens with one attached hydrogen (secondary N) is 1. The highest BCUT2D eigenvalue weighted by Gasteiger charge is 2.24. The number of fused-ring (bicyclic) bond motifs is 1. The van der Waals surface area contributed by atoms with Gasteiger partial charge in [0.2, 0.25) is 15.9 Å². The van der Waals surface area contributed by atoms with E-state index in [1.165, 1.54) is 11.0 Å². The Balaban J connectivity index is 1.41. The van der Waals surface area contributed by atoms with Gasteiger partial charge in [-0.15, -0.1) is 0 Å². The molecule has 3 aromatic rings. The molecule has 0 aliphatic carbocycles. The topological polar surface area (TPSA) is 103 Å². The molecule has 1 aliphatic rings. The van der Waals surface area contributed by atoms with E-state index < -0.39 is 10.0 Å². The van der Waals surface area contributed by atoms with Crippen molar-refractivity contribution >= 4 is 32.9 Å². The number of amides is 1. The zero-order valence-electron chi connectivity index (χ0n) is 19.1. The summed E-state index contributed by atoms with van der Waals surface area (Å²) in [6.07, 6.45) is 6.95. The highest BCUT2D eigenvalue weighted by Crippen LogP contribution is 2.21. The van der Waals surface area contributed by atoms with E-state index in [-0.39, 0.29) is 22.9 Å². The van der Waals surface area contributed by atoms with Crippen molar-refractivity contribution in [2.45, 2.75) is 37.1 Å². The second-order valence-electron chi connectivity index (χ2n) is 8.44. The number of H-pyrrole nitrogens is 1. The van der Waals surface area contributed by atoms with Gasteiger partial charge in [0, 0.05) is 26.2 Å². The summed E-state index contributed by atoms with van der Waals surface area (Å²) in [6, 6.07) is 13.6. The summed E-state index contributed by atoms with van der Waals surface area (Å²) in [6.45, 7) is 1.26. The molecule has 0 bridgehead atoms. The van der Waals surface area contributed by atoms with Crippen molar-refractivity contribution in [3.05, 3.63) is 76.3 Å². The molecule has 0 unspecified atom stereocenters. The molecule has 1 N–H and O–H groups in total. The SMILES string of the molecule is CN(Cc1nc2ccccc2c(=O)[nH]1)C(=O)/C=C/c1ccc(S(=O)(=O)N2CCCCCC2)cc1. The number of sulfonamides is 1. The fourth-order valence-electron chi connectivity index (χ4n) is 3.99. The van der Waals surface area contributed by atoms with Gasteiger partial charge in [-0.25, -0.2) is 13.4 Å². The first-order chi connectivity index (χ1) is 16.3. The number of benzene rings is 2. The predicted octanol–water partition coefficient (Wildman–Crippen LogP) is 3.16. The van der Waals surface area contributed by atoms with E-state index >= 15 is 0 Å². The number of carbonyl (C=O) groups excluding carboxylic acids is 1. The minimum absolute atomic E-state index is 0.149. The number of para-hydroxylation sites is 1. The molecule has 1 aliphatic heterocycles. The minimum Gasteiger partial charge on any atom is -0.335 e. The van der Waals surface area contributed by atoms with E-state index in [1.807, 2.05) is 0 Å². The van der Waals surface area contributed by atoms with Gasteiger partial charge in [0.15, 0.2) is 0 Å². The van der Waals surface area contributed by atoms with Crippen LogP contribution in [-0.2, 0) is 21.4 Å². The Morgan fingerprint density at radius 3 is 2.44 bits per heavy atom. The van der Waals surface area contributed by atoms with Crippen LogP contribution >= 0.6 is 0 Å². The molecule has 8 nitrogen and oxygen atoms in total. The molecule has 0 spiro atoms. The normalized spacial score (nSPS) is 15.4. The maximum absolute atomic E-state index is 12.9. The molecule has 9 heteroatoms. The first-order valence-corrected chi connectivity index (χ1v) is 12.8. The number of hydrogen-bond donors (Lipinski definition) is 1. The summed E-state index contributed by atoms with van der Waals surface area (Å²) in [4.78, 5) is 33.6. The van der Waals surface area contributed by atoms with Crippen LogP contribution in [0.3, 0.4) is 0 Å². The fraction of sp³-hybridized carbons (Fsp3) is 0.320. The molecule has 2 heterocycles. The molecule has 1 saturated heterocycles. The number of aromatic amines is 1. The molecule has 1 amide bonds. The molecular weight excluding hydrogens is 452 g/mol. The Morgan fingerprint density at radius 2 is 1.74 bits per heavy atom. The van der Waals surface area contributed by atoms with E-state index in [0.29, 0.717) is 35.4 Å². The van der Waals surface area contributed by atoms with Gasteiger partial charge in [0.25, 0.3) is 5.56 Å². The van der Waals surface area contributed by atoms with Crippen LogP contribution in [0.5, 0.6) is 0 Å². The molecule has 0 atom stereocenters. The minimum atomic E-state index is -3.50. The van der Waals surface area contributed by atoms with Crippen LogP contribution in [0.15, 0.2) is 64.3 Å². The Kier molecular flexibility index (Phi) is 7.23. The van der Waals surface area contributed by atoms with Crippen molar-refractivity contribution in [2.24, 2.45) is 0 Å². The van der Waals surface area contributed by atoms with Gasteiger partial charge in [-0.05, 0) is 48.7 Å². The highest BCUT2D eigenvalue weighted by molar-refractivity contribution is 7.89. The number of rotatable bonds is 6. The number of aromatic nitrogens is 2. The Bertz CT molecular complexity index is 1360. The third-order valence-corrected chi connectivity index (χ3v) is 7.84. The molecule has 0 radical (unpaired) electrons. The Hall–Kier alpha value is -3.30.